The fourth-order valence-corrected chi connectivity index (χ4v) is 6.35. The van der Waals surface area contributed by atoms with E-state index >= 15 is 0 Å². The third kappa shape index (κ3) is 3.86. The lowest BCUT2D eigenvalue weighted by molar-refractivity contribution is 0.627. The minimum Gasteiger partial charge on any atom is -0.256 e. The Morgan fingerprint density at radius 1 is 0.405 bits per heavy atom. The van der Waals surface area contributed by atoms with Gasteiger partial charge < -0.3 is 0 Å². The summed E-state index contributed by atoms with van der Waals surface area (Å²) in [6.45, 7) is 0. The van der Waals surface area contributed by atoms with E-state index in [1.807, 2.05) is 54.7 Å². The number of rotatable bonds is 3. The van der Waals surface area contributed by atoms with Crippen LogP contribution in [0.1, 0.15) is 0 Å². The van der Waals surface area contributed by atoms with Gasteiger partial charge in [0.05, 0.1) is 5.52 Å². The average molecular weight is 544 g/mol. The minimum absolute atomic E-state index is 0.269. The lowest BCUT2D eigenvalue weighted by atomic mass is 9.84. The van der Waals surface area contributed by atoms with Crippen molar-refractivity contribution in [1.82, 2.24) is 4.98 Å². The summed E-state index contributed by atoms with van der Waals surface area (Å²) in [6.07, 6.45) is 1.84. The predicted molar refractivity (Wildman–Crippen MR) is 170 cm³/mol. The molecule has 0 saturated carbocycles. The Kier molecular flexibility index (Phi) is 5.58. The molecular formula is C39H23F2N. The van der Waals surface area contributed by atoms with Crippen LogP contribution in [0.15, 0.2) is 140 Å². The van der Waals surface area contributed by atoms with Crippen LogP contribution in [0, 0.1) is 11.6 Å². The quantitative estimate of drug-likeness (QED) is 0.160. The molecule has 1 heterocycles. The highest BCUT2D eigenvalue weighted by atomic mass is 19.1. The normalized spacial score (nSPS) is 11.6. The maximum atomic E-state index is 14.1. The first-order valence-electron chi connectivity index (χ1n) is 13.9. The van der Waals surface area contributed by atoms with Crippen molar-refractivity contribution in [2.75, 3.05) is 0 Å². The molecule has 0 bridgehead atoms. The zero-order valence-corrected chi connectivity index (χ0v) is 22.5. The summed E-state index contributed by atoms with van der Waals surface area (Å²) in [4.78, 5) is 4.77. The Bertz CT molecular complexity index is 2300. The van der Waals surface area contributed by atoms with E-state index < -0.39 is 0 Å². The Hall–Kier alpha value is -5.41. The second-order valence-electron chi connectivity index (χ2n) is 10.6. The van der Waals surface area contributed by atoms with Crippen LogP contribution in [0.4, 0.5) is 8.78 Å². The molecule has 0 unspecified atom stereocenters. The van der Waals surface area contributed by atoms with Crippen LogP contribution in [0.3, 0.4) is 0 Å². The monoisotopic (exact) mass is 543 g/mol. The molecule has 3 heteroatoms. The Morgan fingerprint density at radius 3 is 1.60 bits per heavy atom. The summed E-state index contributed by atoms with van der Waals surface area (Å²) >= 11 is 0. The third-order valence-corrected chi connectivity index (χ3v) is 8.21. The van der Waals surface area contributed by atoms with Crippen LogP contribution in [-0.2, 0) is 0 Å². The van der Waals surface area contributed by atoms with Gasteiger partial charge >= 0.3 is 0 Å². The first-order chi connectivity index (χ1) is 20.7. The molecule has 198 valence electrons. The van der Waals surface area contributed by atoms with Crippen molar-refractivity contribution in [3.63, 3.8) is 0 Å². The smallest absolute Gasteiger partial charge is 0.123 e. The Labute approximate surface area is 241 Å². The number of halogens is 2. The van der Waals surface area contributed by atoms with Gasteiger partial charge in [0.2, 0.25) is 0 Å². The lowest BCUT2D eigenvalue weighted by Gasteiger charge is -2.19. The predicted octanol–water partition coefficient (Wildman–Crippen LogP) is 11.0. The second kappa shape index (κ2) is 9.60. The first kappa shape index (κ1) is 24.4. The van der Waals surface area contributed by atoms with E-state index in [1.165, 1.54) is 24.3 Å². The van der Waals surface area contributed by atoms with Crippen molar-refractivity contribution in [1.29, 1.82) is 0 Å². The van der Waals surface area contributed by atoms with Crippen LogP contribution in [0.2, 0.25) is 0 Å². The van der Waals surface area contributed by atoms with E-state index in [9.17, 15) is 8.78 Å². The van der Waals surface area contributed by atoms with E-state index in [1.54, 1.807) is 0 Å². The number of fused-ring (bicyclic) bond motifs is 5. The van der Waals surface area contributed by atoms with Gasteiger partial charge in [-0.1, -0.05) is 91.0 Å². The third-order valence-electron chi connectivity index (χ3n) is 8.21. The van der Waals surface area contributed by atoms with Crippen LogP contribution >= 0.6 is 0 Å². The van der Waals surface area contributed by atoms with Crippen molar-refractivity contribution in [3.05, 3.63) is 151 Å². The molecule has 0 saturated heterocycles. The maximum Gasteiger partial charge on any atom is 0.123 e. The summed E-state index contributed by atoms with van der Waals surface area (Å²) < 4.78 is 28.1. The summed E-state index contributed by atoms with van der Waals surface area (Å²) in [7, 11) is 0. The molecule has 0 amide bonds. The average Bonchev–Trinajstić information content (AvgIpc) is 3.04. The molecule has 0 atom stereocenters. The lowest BCUT2D eigenvalue weighted by Crippen LogP contribution is -1.93. The highest BCUT2D eigenvalue weighted by Crippen LogP contribution is 2.45. The molecule has 0 radical (unpaired) electrons. The molecule has 0 fully saturated rings. The number of aromatic nitrogens is 1. The first-order valence-corrected chi connectivity index (χ1v) is 13.9. The van der Waals surface area contributed by atoms with Gasteiger partial charge in [0.15, 0.2) is 0 Å². The summed E-state index contributed by atoms with van der Waals surface area (Å²) in [6, 6.07) is 42.9. The number of benzene rings is 7. The molecule has 8 rings (SSSR count). The molecule has 42 heavy (non-hydrogen) atoms. The molecular weight excluding hydrogens is 520 g/mol. The fraction of sp³-hybridized carbons (Fsp3) is 0. The molecule has 1 nitrogen and oxygen atoms in total. The number of hydrogen-bond acceptors (Lipinski definition) is 1. The van der Waals surface area contributed by atoms with Crippen molar-refractivity contribution in [3.8, 4) is 33.4 Å². The van der Waals surface area contributed by atoms with E-state index in [0.717, 1.165) is 76.6 Å². The highest BCUT2D eigenvalue weighted by molar-refractivity contribution is 6.22. The zero-order valence-electron chi connectivity index (χ0n) is 22.5. The van der Waals surface area contributed by atoms with E-state index in [4.69, 9.17) is 4.98 Å². The zero-order chi connectivity index (χ0) is 28.2. The van der Waals surface area contributed by atoms with Gasteiger partial charge in [-0.3, -0.25) is 4.98 Å². The van der Waals surface area contributed by atoms with Crippen LogP contribution in [-0.4, -0.2) is 4.98 Å². The summed E-state index contributed by atoms with van der Waals surface area (Å²) in [5.41, 5.74) is 7.09. The molecule has 0 aliphatic rings. The second-order valence-corrected chi connectivity index (χ2v) is 10.6. The largest absolute Gasteiger partial charge is 0.256 e. The molecule has 0 N–H and O–H groups in total. The van der Waals surface area contributed by atoms with Crippen molar-refractivity contribution in [2.24, 2.45) is 0 Å². The topological polar surface area (TPSA) is 12.9 Å². The molecule has 0 aliphatic heterocycles. The summed E-state index contributed by atoms with van der Waals surface area (Å²) in [5, 5.41) is 7.53. The van der Waals surface area contributed by atoms with Gasteiger partial charge in [-0.05, 0) is 103 Å². The van der Waals surface area contributed by atoms with Gasteiger partial charge in [-0.25, -0.2) is 8.78 Å². The van der Waals surface area contributed by atoms with E-state index in [-0.39, 0.29) is 11.6 Å². The fourth-order valence-electron chi connectivity index (χ4n) is 6.35. The van der Waals surface area contributed by atoms with Gasteiger partial charge in [0.1, 0.15) is 11.6 Å². The standard InChI is InChI=1S/C39H23F2N/c40-28-16-11-24(12-17-28)37-31-8-3-4-9-32(31)38(25-13-18-29(41)19-14-25)36-23-27(15-20-33(36)37)35-22-26-6-1-2-7-30(26)39-34(35)10-5-21-42-39/h1-23H. The Balaban J connectivity index is 1.52. The molecule has 0 spiro atoms. The van der Waals surface area contributed by atoms with Crippen LogP contribution in [0.5, 0.6) is 0 Å². The van der Waals surface area contributed by atoms with Crippen molar-refractivity contribution >= 4 is 43.2 Å². The number of pyridine rings is 1. The Morgan fingerprint density at radius 2 is 0.929 bits per heavy atom. The summed E-state index contributed by atoms with van der Waals surface area (Å²) in [5.74, 6) is -0.541. The van der Waals surface area contributed by atoms with E-state index in [0.29, 0.717) is 0 Å². The van der Waals surface area contributed by atoms with E-state index in [2.05, 4.69) is 60.7 Å². The van der Waals surface area contributed by atoms with Gasteiger partial charge in [0.25, 0.3) is 0 Å². The minimum atomic E-state index is -0.272. The number of nitrogens with zero attached hydrogens (tertiary/aromatic N) is 1. The highest BCUT2D eigenvalue weighted by Gasteiger charge is 2.18. The van der Waals surface area contributed by atoms with Crippen LogP contribution < -0.4 is 0 Å². The molecule has 0 aliphatic carbocycles. The molecule has 7 aromatic carbocycles. The van der Waals surface area contributed by atoms with Crippen molar-refractivity contribution in [2.45, 2.75) is 0 Å². The molecule has 1 aromatic heterocycles. The van der Waals surface area contributed by atoms with Crippen molar-refractivity contribution < 1.29 is 8.78 Å². The van der Waals surface area contributed by atoms with Gasteiger partial charge in [-0.15, -0.1) is 0 Å². The number of hydrogen-bond donors (Lipinski definition) is 0. The van der Waals surface area contributed by atoms with Gasteiger partial charge in [-0.2, -0.15) is 0 Å². The molecule has 8 aromatic rings. The van der Waals surface area contributed by atoms with Gasteiger partial charge in [0, 0.05) is 17.0 Å². The van der Waals surface area contributed by atoms with Crippen LogP contribution in [0.25, 0.3) is 76.6 Å². The maximum absolute atomic E-state index is 14.1. The SMILES string of the molecule is Fc1ccc(-c2c3ccccc3c(-c3ccc(F)cc3)c3cc(-c4cc5ccccc5c5ncccc45)ccc23)cc1.